The summed E-state index contributed by atoms with van der Waals surface area (Å²) in [4.78, 5) is 26.2. The fourth-order valence-corrected chi connectivity index (χ4v) is 3.71. The Labute approximate surface area is 149 Å². The average molecular weight is 357 g/mol. The summed E-state index contributed by atoms with van der Waals surface area (Å²) in [6, 6.07) is 5.03. The number of amides is 1. The Morgan fingerprint density at radius 1 is 1.27 bits per heavy atom. The summed E-state index contributed by atoms with van der Waals surface area (Å²) in [5.74, 6) is -0.467. The number of carboxylic acids is 1. The minimum absolute atomic E-state index is 0.0497. The van der Waals surface area contributed by atoms with E-state index >= 15 is 0 Å². The minimum atomic E-state index is -0.818. The Kier molecular flexibility index (Phi) is 4.06. The number of carbonyl (C=O) groups excluding carboxylic acids is 1. The monoisotopic (exact) mass is 357 g/mol. The molecule has 2 heterocycles. The van der Waals surface area contributed by atoms with Crippen LogP contribution in [-0.2, 0) is 4.79 Å². The second kappa shape index (κ2) is 6.40. The number of benzene rings is 1. The van der Waals surface area contributed by atoms with E-state index in [1.54, 1.807) is 23.1 Å². The molecule has 2 aliphatic rings. The summed E-state index contributed by atoms with van der Waals surface area (Å²) < 4.78 is 6.74. The molecule has 1 aliphatic heterocycles. The molecule has 1 saturated carbocycles. The van der Waals surface area contributed by atoms with Gasteiger partial charge in [-0.05, 0) is 53.3 Å². The number of tetrazole rings is 1. The van der Waals surface area contributed by atoms with Crippen molar-refractivity contribution >= 4 is 11.9 Å². The summed E-state index contributed by atoms with van der Waals surface area (Å²) in [6.07, 6.45) is 3.54. The first kappa shape index (κ1) is 16.5. The van der Waals surface area contributed by atoms with Crippen molar-refractivity contribution in [2.45, 2.75) is 12.8 Å². The molecule has 0 radical (unpaired) electrons. The lowest BCUT2D eigenvalue weighted by molar-refractivity contribution is -0.142. The molecule has 1 saturated heterocycles. The molecule has 136 valence electrons. The summed E-state index contributed by atoms with van der Waals surface area (Å²) in [5, 5.41) is 20.5. The number of carboxylic acid groups (broad SMARTS) is 1. The topological polar surface area (TPSA) is 110 Å². The van der Waals surface area contributed by atoms with Gasteiger partial charge in [-0.3, -0.25) is 9.59 Å². The van der Waals surface area contributed by atoms with Gasteiger partial charge < -0.3 is 14.7 Å². The van der Waals surface area contributed by atoms with E-state index in [9.17, 15) is 14.7 Å². The van der Waals surface area contributed by atoms with Crippen LogP contribution in [-0.4, -0.2) is 62.3 Å². The molecular formula is C17H19N5O4. The van der Waals surface area contributed by atoms with Crippen molar-refractivity contribution in [1.29, 1.82) is 0 Å². The van der Waals surface area contributed by atoms with Crippen LogP contribution in [0.1, 0.15) is 23.2 Å². The zero-order valence-electron chi connectivity index (χ0n) is 14.3. The quantitative estimate of drug-likeness (QED) is 0.844. The van der Waals surface area contributed by atoms with E-state index in [2.05, 4.69) is 15.5 Å². The first-order chi connectivity index (χ1) is 12.6. The molecule has 0 spiro atoms. The van der Waals surface area contributed by atoms with Crippen molar-refractivity contribution in [3.05, 3.63) is 30.1 Å². The maximum atomic E-state index is 13.0. The van der Waals surface area contributed by atoms with Crippen LogP contribution in [0.5, 0.6) is 5.75 Å². The number of nitrogens with zero attached hydrogens (tertiary/aromatic N) is 5. The van der Waals surface area contributed by atoms with Crippen LogP contribution in [0, 0.1) is 17.8 Å². The first-order valence-electron chi connectivity index (χ1n) is 8.52. The minimum Gasteiger partial charge on any atom is -0.494 e. The van der Waals surface area contributed by atoms with Gasteiger partial charge in [0, 0.05) is 18.7 Å². The molecular weight excluding hydrogens is 338 g/mol. The number of hydrogen-bond acceptors (Lipinski definition) is 6. The predicted molar refractivity (Wildman–Crippen MR) is 88.9 cm³/mol. The maximum Gasteiger partial charge on any atom is 0.308 e. The number of carbonyl (C=O) groups is 2. The fourth-order valence-electron chi connectivity index (χ4n) is 3.71. The molecule has 1 N–H and O–H groups in total. The van der Waals surface area contributed by atoms with Crippen LogP contribution in [0.25, 0.3) is 5.69 Å². The molecule has 1 aromatic carbocycles. The summed E-state index contributed by atoms with van der Waals surface area (Å²) >= 11 is 0. The van der Waals surface area contributed by atoms with Crippen LogP contribution in [0.15, 0.2) is 24.5 Å². The normalized spacial score (nSPS) is 22.4. The van der Waals surface area contributed by atoms with Crippen LogP contribution in [0.2, 0.25) is 0 Å². The van der Waals surface area contributed by atoms with Crippen LogP contribution in [0.3, 0.4) is 0 Å². The molecule has 2 fully saturated rings. The van der Waals surface area contributed by atoms with E-state index in [1.165, 1.54) is 18.1 Å². The number of likely N-dealkylation sites (tertiary alicyclic amines) is 1. The highest BCUT2D eigenvalue weighted by molar-refractivity contribution is 5.95. The van der Waals surface area contributed by atoms with Gasteiger partial charge in [0.1, 0.15) is 17.8 Å². The number of hydrogen-bond donors (Lipinski definition) is 1. The van der Waals surface area contributed by atoms with E-state index in [4.69, 9.17) is 4.74 Å². The summed E-state index contributed by atoms with van der Waals surface area (Å²) in [5.41, 5.74) is 1.01. The molecule has 9 nitrogen and oxygen atoms in total. The van der Waals surface area contributed by atoms with Gasteiger partial charge in [-0.1, -0.05) is 0 Å². The van der Waals surface area contributed by atoms with Crippen LogP contribution < -0.4 is 4.74 Å². The van der Waals surface area contributed by atoms with Crippen molar-refractivity contribution in [1.82, 2.24) is 25.1 Å². The van der Waals surface area contributed by atoms with Gasteiger partial charge in [0.25, 0.3) is 5.91 Å². The molecule has 2 aromatic rings. The zero-order valence-corrected chi connectivity index (χ0v) is 14.3. The second-order valence-electron chi connectivity index (χ2n) is 6.80. The zero-order chi connectivity index (χ0) is 18.3. The number of ether oxygens (including phenoxy) is 1. The number of rotatable bonds is 5. The van der Waals surface area contributed by atoms with E-state index in [0.29, 0.717) is 29.5 Å². The largest absolute Gasteiger partial charge is 0.494 e. The van der Waals surface area contributed by atoms with Gasteiger partial charge in [-0.15, -0.1) is 5.10 Å². The molecule has 0 unspecified atom stereocenters. The molecule has 0 bridgehead atoms. The standard InChI is InChI=1S/C17H19N5O4/c1-26-15-5-4-11(6-14(15)22-9-18-19-20-22)16(23)21-7-12(10-2-3-10)13(8-21)17(24)25/h4-6,9-10,12-13H,2-3,7-8H2,1H3,(H,24,25)/t12-,13+/m1/s1. The van der Waals surface area contributed by atoms with Crippen molar-refractivity contribution in [3.63, 3.8) is 0 Å². The lowest BCUT2D eigenvalue weighted by Gasteiger charge is -2.17. The van der Waals surface area contributed by atoms with Gasteiger partial charge in [-0.2, -0.15) is 4.68 Å². The Morgan fingerprint density at radius 3 is 2.69 bits per heavy atom. The van der Waals surface area contributed by atoms with Gasteiger partial charge in [0.15, 0.2) is 0 Å². The predicted octanol–water partition coefficient (Wildman–Crippen LogP) is 0.854. The Balaban J connectivity index is 1.60. The molecule has 4 rings (SSSR count). The highest BCUT2D eigenvalue weighted by Crippen LogP contribution is 2.44. The fraction of sp³-hybridized carbons (Fsp3) is 0.471. The maximum absolute atomic E-state index is 13.0. The number of aromatic nitrogens is 4. The van der Waals surface area contributed by atoms with Gasteiger partial charge in [-0.25, -0.2) is 0 Å². The van der Waals surface area contributed by atoms with Gasteiger partial charge >= 0.3 is 5.97 Å². The molecule has 2 atom stereocenters. The summed E-state index contributed by atoms with van der Waals surface area (Å²) in [7, 11) is 1.53. The summed E-state index contributed by atoms with van der Waals surface area (Å²) in [6.45, 7) is 0.744. The average Bonchev–Trinajstić information content (AvgIpc) is 3.17. The lowest BCUT2D eigenvalue weighted by atomic mass is 9.92. The molecule has 9 heteroatoms. The molecule has 26 heavy (non-hydrogen) atoms. The Morgan fingerprint density at radius 2 is 2.08 bits per heavy atom. The van der Waals surface area contributed by atoms with Crippen molar-refractivity contribution < 1.29 is 19.4 Å². The van der Waals surface area contributed by atoms with E-state index in [0.717, 1.165) is 12.8 Å². The van der Waals surface area contributed by atoms with Crippen molar-refractivity contribution in [3.8, 4) is 11.4 Å². The number of methoxy groups -OCH3 is 1. The van der Waals surface area contributed by atoms with E-state index < -0.39 is 11.9 Å². The van der Waals surface area contributed by atoms with Crippen molar-refractivity contribution in [2.24, 2.45) is 17.8 Å². The highest BCUT2D eigenvalue weighted by Gasteiger charge is 2.46. The van der Waals surface area contributed by atoms with E-state index in [1.807, 2.05) is 0 Å². The lowest BCUT2D eigenvalue weighted by Crippen LogP contribution is -2.30. The van der Waals surface area contributed by atoms with Gasteiger partial charge in [0.2, 0.25) is 0 Å². The van der Waals surface area contributed by atoms with Gasteiger partial charge in [0.05, 0.1) is 13.0 Å². The third kappa shape index (κ3) is 2.89. The van der Waals surface area contributed by atoms with Crippen LogP contribution >= 0.6 is 0 Å². The first-order valence-corrected chi connectivity index (χ1v) is 8.52. The Hall–Kier alpha value is -2.97. The number of aliphatic carboxylic acids is 1. The Bertz CT molecular complexity index is 834. The van der Waals surface area contributed by atoms with Crippen molar-refractivity contribution in [2.75, 3.05) is 20.2 Å². The van der Waals surface area contributed by atoms with Crippen LogP contribution in [0.4, 0.5) is 0 Å². The third-order valence-electron chi connectivity index (χ3n) is 5.22. The SMILES string of the molecule is COc1ccc(C(=O)N2C[C@H](C(=O)O)[C@@H](C3CC3)C2)cc1-n1cnnn1. The third-order valence-corrected chi connectivity index (χ3v) is 5.22. The molecule has 1 aliphatic carbocycles. The molecule has 1 aromatic heterocycles. The molecule has 1 amide bonds. The highest BCUT2D eigenvalue weighted by atomic mass is 16.5. The van der Waals surface area contributed by atoms with E-state index in [-0.39, 0.29) is 18.4 Å². The smallest absolute Gasteiger partial charge is 0.308 e. The second-order valence-corrected chi connectivity index (χ2v) is 6.80.